The third-order valence-corrected chi connectivity index (χ3v) is 2.61. The zero-order chi connectivity index (χ0) is 13.3. The van der Waals surface area contributed by atoms with Gasteiger partial charge in [-0.25, -0.2) is 4.79 Å². The van der Waals surface area contributed by atoms with E-state index in [-0.39, 0.29) is 6.79 Å². The number of nitrogens with two attached hydrogens (primary N) is 1. The number of benzene rings is 1. The second kappa shape index (κ2) is 4.53. The number of carbonyl (C=O) groups excluding carboxylic acids is 1. The lowest BCUT2D eigenvalue weighted by Crippen LogP contribution is -2.46. The van der Waals surface area contributed by atoms with Gasteiger partial charge in [-0.15, -0.1) is 0 Å². The molecule has 1 heterocycles. The molecule has 1 aromatic carbocycles. The number of carboxylic acids is 1. The SMILES string of the molecule is CN(C(=O)C(N)C(=O)O)c1ccc2c(c1)OCO2. The highest BCUT2D eigenvalue weighted by Crippen LogP contribution is 2.35. The van der Waals surface area contributed by atoms with Crippen LogP contribution in [0.1, 0.15) is 0 Å². The van der Waals surface area contributed by atoms with E-state index in [1.165, 1.54) is 11.9 Å². The largest absolute Gasteiger partial charge is 0.480 e. The minimum Gasteiger partial charge on any atom is -0.480 e. The summed E-state index contributed by atoms with van der Waals surface area (Å²) in [6, 6.07) is 3.28. The summed E-state index contributed by atoms with van der Waals surface area (Å²) >= 11 is 0. The summed E-state index contributed by atoms with van der Waals surface area (Å²) < 4.78 is 10.3. The van der Waals surface area contributed by atoms with Gasteiger partial charge in [0, 0.05) is 18.8 Å². The highest BCUT2D eigenvalue weighted by Gasteiger charge is 2.26. The molecule has 1 amide bonds. The summed E-state index contributed by atoms with van der Waals surface area (Å²) in [6.45, 7) is 0.130. The van der Waals surface area contributed by atoms with Crippen LogP contribution in [0.3, 0.4) is 0 Å². The maximum Gasteiger partial charge on any atom is 0.330 e. The molecular formula is C11H12N2O5. The van der Waals surface area contributed by atoms with Crippen LogP contribution >= 0.6 is 0 Å². The number of hydrogen-bond acceptors (Lipinski definition) is 5. The number of carboxylic acid groups (broad SMARTS) is 1. The number of fused-ring (bicyclic) bond motifs is 1. The Kier molecular flexibility index (Phi) is 3.07. The van der Waals surface area contributed by atoms with Crippen molar-refractivity contribution in [1.29, 1.82) is 0 Å². The quantitative estimate of drug-likeness (QED) is 0.722. The molecule has 0 spiro atoms. The molecule has 0 aliphatic carbocycles. The summed E-state index contributed by atoms with van der Waals surface area (Å²) in [6.07, 6.45) is 0. The number of carbonyl (C=O) groups is 2. The molecule has 0 saturated heterocycles. The lowest BCUT2D eigenvalue weighted by Gasteiger charge is -2.19. The summed E-state index contributed by atoms with van der Waals surface area (Å²) in [5, 5.41) is 8.69. The summed E-state index contributed by atoms with van der Waals surface area (Å²) in [5.74, 6) is -0.980. The topological polar surface area (TPSA) is 102 Å². The van der Waals surface area contributed by atoms with Crippen molar-refractivity contribution in [3.05, 3.63) is 18.2 Å². The predicted octanol–water partition coefficient (Wildman–Crippen LogP) is -0.210. The van der Waals surface area contributed by atoms with Crippen molar-refractivity contribution in [1.82, 2.24) is 0 Å². The molecule has 0 bridgehead atoms. The van der Waals surface area contributed by atoms with Gasteiger partial charge in [-0.3, -0.25) is 4.79 Å². The third-order valence-electron chi connectivity index (χ3n) is 2.61. The molecule has 1 aliphatic heterocycles. The first-order valence-corrected chi connectivity index (χ1v) is 5.16. The molecule has 0 saturated carbocycles. The Morgan fingerprint density at radius 2 is 2.06 bits per heavy atom. The average molecular weight is 252 g/mol. The molecule has 7 heteroatoms. The van der Waals surface area contributed by atoms with Crippen LogP contribution in [-0.4, -0.2) is 36.9 Å². The number of aliphatic carboxylic acids is 1. The van der Waals surface area contributed by atoms with Gasteiger partial charge in [-0.2, -0.15) is 0 Å². The second-order valence-electron chi connectivity index (χ2n) is 3.75. The maximum absolute atomic E-state index is 11.7. The minimum absolute atomic E-state index is 0.130. The Labute approximate surface area is 103 Å². The number of ether oxygens (including phenoxy) is 2. The first-order valence-electron chi connectivity index (χ1n) is 5.16. The van der Waals surface area contributed by atoms with Crippen LogP contribution < -0.4 is 20.1 Å². The molecule has 1 unspecified atom stereocenters. The van der Waals surface area contributed by atoms with E-state index in [0.29, 0.717) is 17.2 Å². The Morgan fingerprint density at radius 1 is 1.39 bits per heavy atom. The van der Waals surface area contributed by atoms with E-state index in [1.54, 1.807) is 18.2 Å². The number of likely N-dealkylation sites (N-methyl/N-ethyl adjacent to an activating group) is 1. The van der Waals surface area contributed by atoms with Gasteiger partial charge < -0.3 is 25.2 Å². The van der Waals surface area contributed by atoms with Gasteiger partial charge in [0.05, 0.1) is 0 Å². The Morgan fingerprint density at radius 3 is 2.72 bits per heavy atom. The molecule has 96 valence electrons. The zero-order valence-corrected chi connectivity index (χ0v) is 9.62. The van der Waals surface area contributed by atoms with Crippen LogP contribution in [0.15, 0.2) is 18.2 Å². The van der Waals surface area contributed by atoms with E-state index in [9.17, 15) is 9.59 Å². The van der Waals surface area contributed by atoms with E-state index in [4.69, 9.17) is 20.3 Å². The second-order valence-corrected chi connectivity index (χ2v) is 3.75. The standard InChI is InChI=1S/C11H12N2O5/c1-13(10(14)9(12)11(15)16)6-2-3-7-8(4-6)18-5-17-7/h2-4,9H,5,12H2,1H3,(H,15,16). The van der Waals surface area contributed by atoms with E-state index >= 15 is 0 Å². The highest BCUT2D eigenvalue weighted by atomic mass is 16.7. The van der Waals surface area contributed by atoms with Crippen LogP contribution in [0.25, 0.3) is 0 Å². The Balaban J connectivity index is 2.21. The van der Waals surface area contributed by atoms with Gasteiger partial charge in [0.25, 0.3) is 5.91 Å². The van der Waals surface area contributed by atoms with Crippen molar-refractivity contribution in [3.8, 4) is 11.5 Å². The molecule has 18 heavy (non-hydrogen) atoms. The summed E-state index contributed by atoms with van der Waals surface area (Å²) in [5.41, 5.74) is 5.75. The number of rotatable bonds is 3. The van der Waals surface area contributed by atoms with Crippen molar-refractivity contribution in [2.24, 2.45) is 5.73 Å². The lowest BCUT2D eigenvalue weighted by molar-refractivity contribution is -0.142. The Hall–Kier alpha value is -2.28. The van der Waals surface area contributed by atoms with Crippen molar-refractivity contribution in [3.63, 3.8) is 0 Å². The van der Waals surface area contributed by atoms with E-state index < -0.39 is 17.9 Å². The molecule has 1 aliphatic rings. The van der Waals surface area contributed by atoms with Crippen molar-refractivity contribution in [2.45, 2.75) is 6.04 Å². The number of hydrogen-bond donors (Lipinski definition) is 2. The Bertz CT molecular complexity index is 502. The maximum atomic E-state index is 11.7. The van der Waals surface area contributed by atoms with Crippen LogP contribution in [0.5, 0.6) is 11.5 Å². The van der Waals surface area contributed by atoms with Crippen LogP contribution in [0.4, 0.5) is 5.69 Å². The van der Waals surface area contributed by atoms with Crippen LogP contribution in [-0.2, 0) is 9.59 Å². The fraction of sp³-hybridized carbons (Fsp3) is 0.273. The number of nitrogens with zero attached hydrogens (tertiary/aromatic N) is 1. The van der Waals surface area contributed by atoms with E-state index in [2.05, 4.69) is 0 Å². The first kappa shape index (κ1) is 12.2. The van der Waals surface area contributed by atoms with Crippen LogP contribution in [0.2, 0.25) is 0 Å². The molecule has 0 aromatic heterocycles. The minimum atomic E-state index is -1.58. The van der Waals surface area contributed by atoms with Gasteiger partial charge in [0.1, 0.15) is 0 Å². The van der Waals surface area contributed by atoms with E-state index in [0.717, 1.165) is 0 Å². The van der Waals surface area contributed by atoms with Gasteiger partial charge in [-0.1, -0.05) is 0 Å². The summed E-state index contributed by atoms with van der Waals surface area (Å²) in [7, 11) is 1.45. The summed E-state index contributed by atoms with van der Waals surface area (Å²) in [4.78, 5) is 23.5. The first-order chi connectivity index (χ1) is 8.50. The normalized spacial score (nSPS) is 14.1. The fourth-order valence-electron chi connectivity index (χ4n) is 1.54. The fourth-order valence-corrected chi connectivity index (χ4v) is 1.54. The number of amides is 1. The van der Waals surface area contributed by atoms with Crippen molar-refractivity contribution < 1.29 is 24.2 Å². The molecule has 1 aromatic rings. The average Bonchev–Trinajstić information content (AvgIpc) is 2.82. The van der Waals surface area contributed by atoms with Crippen LogP contribution in [0, 0.1) is 0 Å². The van der Waals surface area contributed by atoms with E-state index in [1.807, 2.05) is 0 Å². The van der Waals surface area contributed by atoms with Gasteiger partial charge in [0.15, 0.2) is 17.5 Å². The number of anilines is 1. The zero-order valence-electron chi connectivity index (χ0n) is 9.62. The van der Waals surface area contributed by atoms with Crippen molar-refractivity contribution >= 4 is 17.6 Å². The lowest BCUT2D eigenvalue weighted by atomic mass is 10.2. The van der Waals surface area contributed by atoms with Crippen molar-refractivity contribution in [2.75, 3.05) is 18.7 Å². The molecular weight excluding hydrogens is 240 g/mol. The third kappa shape index (κ3) is 2.07. The highest BCUT2D eigenvalue weighted by molar-refractivity contribution is 6.08. The molecule has 1 atom stereocenters. The molecule has 2 rings (SSSR count). The predicted molar refractivity (Wildman–Crippen MR) is 61.6 cm³/mol. The molecule has 0 fully saturated rings. The monoisotopic (exact) mass is 252 g/mol. The molecule has 0 radical (unpaired) electrons. The molecule has 7 nitrogen and oxygen atoms in total. The van der Waals surface area contributed by atoms with Gasteiger partial charge >= 0.3 is 5.97 Å². The van der Waals surface area contributed by atoms with Gasteiger partial charge in [0.2, 0.25) is 6.79 Å². The molecule has 3 N–H and O–H groups in total. The van der Waals surface area contributed by atoms with Gasteiger partial charge in [-0.05, 0) is 12.1 Å². The smallest absolute Gasteiger partial charge is 0.330 e.